The smallest absolute Gasteiger partial charge is 0.261 e. The summed E-state index contributed by atoms with van der Waals surface area (Å²) in [5.41, 5.74) is 0. The van der Waals surface area contributed by atoms with E-state index in [9.17, 15) is 4.79 Å². The lowest BCUT2D eigenvalue weighted by molar-refractivity contribution is -0.128. The minimum absolute atomic E-state index is 0.120. The van der Waals surface area contributed by atoms with E-state index < -0.39 is 6.10 Å². The van der Waals surface area contributed by atoms with Gasteiger partial charge in [-0.2, -0.15) is 0 Å². The molecule has 0 saturated carbocycles. The van der Waals surface area contributed by atoms with Crippen LogP contribution in [0.4, 0.5) is 0 Å². The molecule has 0 bridgehead atoms. The molecule has 0 aliphatic heterocycles. The first-order valence-electron chi connectivity index (χ1n) is 5.47. The van der Waals surface area contributed by atoms with Crippen LogP contribution in [0.3, 0.4) is 0 Å². The van der Waals surface area contributed by atoms with Crippen LogP contribution in [-0.2, 0) is 4.79 Å². The molecule has 1 aromatic carbocycles. The number of rotatable bonds is 5. The van der Waals surface area contributed by atoms with E-state index in [-0.39, 0.29) is 18.6 Å². The van der Waals surface area contributed by atoms with Crippen molar-refractivity contribution in [2.75, 3.05) is 6.61 Å². The number of carbonyl (C=O) groups is 1. The summed E-state index contributed by atoms with van der Waals surface area (Å²) in [7, 11) is 0. The first kappa shape index (κ1) is 15.1. The normalized spacial score (nSPS) is 13.8. The van der Waals surface area contributed by atoms with Crippen LogP contribution >= 0.6 is 23.2 Å². The van der Waals surface area contributed by atoms with Crippen molar-refractivity contribution in [1.82, 2.24) is 5.32 Å². The van der Waals surface area contributed by atoms with E-state index in [0.717, 1.165) is 0 Å². The second kappa shape index (κ2) is 6.83. The molecule has 2 unspecified atom stereocenters. The fourth-order valence-corrected chi connectivity index (χ4v) is 1.50. The van der Waals surface area contributed by atoms with Crippen LogP contribution in [0.25, 0.3) is 0 Å². The summed E-state index contributed by atoms with van der Waals surface area (Å²) >= 11 is 11.6. The molecule has 0 saturated heterocycles. The molecule has 0 fully saturated rings. The van der Waals surface area contributed by atoms with Gasteiger partial charge in [0.25, 0.3) is 5.91 Å². The SMILES string of the molecule is CC(CO)NC(=O)C(C)Oc1ccc(Cl)c(Cl)c1. The largest absolute Gasteiger partial charge is 0.481 e. The molecular formula is C12H15Cl2NO3. The van der Waals surface area contributed by atoms with Gasteiger partial charge in [-0.05, 0) is 26.0 Å². The number of ether oxygens (including phenoxy) is 1. The van der Waals surface area contributed by atoms with Crippen molar-refractivity contribution in [3.63, 3.8) is 0 Å². The Labute approximate surface area is 116 Å². The van der Waals surface area contributed by atoms with Crippen molar-refractivity contribution < 1.29 is 14.6 Å². The topological polar surface area (TPSA) is 58.6 Å². The van der Waals surface area contributed by atoms with Gasteiger partial charge in [0.15, 0.2) is 6.10 Å². The molecule has 1 rings (SSSR count). The Bertz CT molecular complexity index is 426. The lowest BCUT2D eigenvalue weighted by Crippen LogP contribution is -2.42. The minimum Gasteiger partial charge on any atom is -0.481 e. The van der Waals surface area contributed by atoms with Gasteiger partial charge in [0, 0.05) is 12.1 Å². The molecule has 4 nitrogen and oxygen atoms in total. The highest BCUT2D eigenvalue weighted by Gasteiger charge is 2.16. The van der Waals surface area contributed by atoms with Crippen LogP contribution in [0, 0.1) is 0 Å². The van der Waals surface area contributed by atoms with Crippen molar-refractivity contribution in [3.8, 4) is 5.75 Å². The molecule has 0 aliphatic carbocycles. The molecule has 1 aromatic rings. The number of aliphatic hydroxyl groups is 1. The van der Waals surface area contributed by atoms with E-state index in [2.05, 4.69) is 5.32 Å². The average Bonchev–Trinajstić information content (AvgIpc) is 2.33. The van der Waals surface area contributed by atoms with Crippen molar-refractivity contribution in [2.45, 2.75) is 26.0 Å². The van der Waals surface area contributed by atoms with Gasteiger partial charge in [0.1, 0.15) is 5.75 Å². The van der Waals surface area contributed by atoms with Crippen LogP contribution < -0.4 is 10.1 Å². The van der Waals surface area contributed by atoms with Crippen LogP contribution in [0.15, 0.2) is 18.2 Å². The van der Waals surface area contributed by atoms with E-state index in [0.29, 0.717) is 15.8 Å². The molecule has 2 atom stereocenters. The Morgan fingerprint density at radius 3 is 2.61 bits per heavy atom. The first-order chi connectivity index (χ1) is 8.43. The zero-order valence-corrected chi connectivity index (χ0v) is 11.6. The molecule has 18 heavy (non-hydrogen) atoms. The number of carbonyl (C=O) groups excluding carboxylic acids is 1. The predicted octanol–water partition coefficient (Wildman–Crippen LogP) is 2.26. The Balaban J connectivity index is 2.60. The fourth-order valence-electron chi connectivity index (χ4n) is 1.21. The van der Waals surface area contributed by atoms with Crippen LogP contribution in [0.2, 0.25) is 10.0 Å². The maximum atomic E-state index is 11.7. The number of hydrogen-bond donors (Lipinski definition) is 2. The van der Waals surface area contributed by atoms with Crippen LogP contribution in [0.5, 0.6) is 5.75 Å². The summed E-state index contributed by atoms with van der Waals surface area (Å²) in [6.07, 6.45) is -0.684. The van der Waals surface area contributed by atoms with E-state index in [1.165, 1.54) is 0 Å². The van der Waals surface area contributed by atoms with E-state index in [1.54, 1.807) is 32.0 Å². The Hall–Kier alpha value is -0.970. The molecule has 0 aliphatic rings. The van der Waals surface area contributed by atoms with Crippen molar-refractivity contribution in [2.24, 2.45) is 0 Å². The number of nitrogens with one attached hydrogen (secondary N) is 1. The molecule has 0 aromatic heterocycles. The molecule has 1 amide bonds. The third-order valence-electron chi connectivity index (χ3n) is 2.24. The fraction of sp³-hybridized carbons (Fsp3) is 0.417. The van der Waals surface area contributed by atoms with Gasteiger partial charge in [-0.15, -0.1) is 0 Å². The minimum atomic E-state index is -0.684. The molecule has 100 valence electrons. The predicted molar refractivity (Wildman–Crippen MR) is 71.2 cm³/mol. The number of amides is 1. The van der Waals surface area contributed by atoms with Gasteiger partial charge >= 0.3 is 0 Å². The lowest BCUT2D eigenvalue weighted by atomic mass is 10.3. The quantitative estimate of drug-likeness (QED) is 0.875. The van der Waals surface area contributed by atoms with E-state index >= 15 is 0 Å². The first-order valence-corrected chi connectivity index (χ1v) is 6.22. The highest BCUT2D eigenvalue weighted by molar-refractivity contribution is 6.42. The average molecular weight is 292 g/mol. The highest BCUT2D eigenvalue weighted by atomic mass is 35.5. The number of aliphatic hydroxyl groups excluding tert-OH is 1. The number of hydrogen-bond acceptors (Lipinski definition) is 3. The Morgan fingerprint density at radius 1 is 1.39 bits per heavy atom. The Kier molecular flexibility index (Phi) is 5.72. The van der Waals surface area contributed by atoms with Gasteiger partial charge in [-0.3, -0.25) is 4.79 Å². The van der Waals surface area contributed by atoms with Crippen molar-refractivity contribution >= 4 is 29.1 Å². The standard InChI is InChI=1S/C12H15Cl2NO3/c1-7(6-16)15-12(17)8(2)18-9-3-4-10(13)11(14)5-9/h3-5,7-8,16H,6H2,1-2H3,(H,15,17). The second-order valence-corrected chi connectivity index (χ2v) is 4.74. The van der Waals surface area contributed by atoms with E-state index in [1.807, 2.05) is 0 Å². The zero-order chi connectivity index (χ0) is 13.7. The second-order valence-electron chi connectivity index (χ2n) is 3.93. The van der Waals surface area contributed by atoms with Gasteiger partial charge in [0.05, 0.1) is 16.7 Å². The summed E-state index contributed by atoms with van der Waals surface area (Å²) in [5, 5.41) is 12.2. The number of halogens is 2. The summed E-state index contributed by atoms with van der Waals surface area (Å²) < 4.78 is 5.42. The van der Waals surface area contributed by atoms with Gasteiger partial charge in [-0.1, -0.05) is 23.2 Å². The third-order valence-corrected chi connectivity index (χ3v) is 2.97. The highest BCUT2D eigenvalue weighted by Crippen LogP contribution is 2.26. The van der Waals surface area contributed by atoms with Gasteiger partial charge in [0.2, 0.25) is 0 Å². The van der Waals surface area contributed by atoms with Crippen molar-refractivity contribution in [3.05, 3.63) is 28.2 Å². The molecule has 2 N–H and O–H groups in total. The summed E-state index contributed by atoms with van der Waals surface area (Å²) in [6.45, 7) is 3.19. The lowest BCUT2D eigenvalue weighted by Gasteiger charge is -2.17. The third kappa shape index (κ3) is 4.37. The Morgan fingerprint density at radius 2 is 2.06 bits per heavy atom. The molecule has 0 spiro atoms. The maximum Gasteiger partial charge on any atom is 0.261 e. The van der Waals surface area contributed by atoms with Crippen molar-refractivity contribution in [1.29, 1.82) is 0 Å². The molecule has 0 radical (unpaired) electrons. The number of benzene rings is 1. The molecular weight excluding hydrogens is 277 g/mol. The van der Waals surface area contributed by atoms with Crippen LogP contribution in [-0.4, -0.2) is 29.8 Å². The van der Waals surface area contributed by atoms with Gasteiger partial charge in [-0.25, -0.2) is 0 Å². The van der Waals surface area contributed by atoms with Crippen LogP contribution in [0.1, 0.15) is 13.8 Å². The maximum absolute atomic E-state index is 11.7. The molecule has 6 heteroatoms. The molecule has 0 heterocycles. The van der Waals surface area contributed by atoms with E-state index in [4.69, 9.17) is 33.0 Å². The summed E-state index contributed by atoms with van der Waals surface area (Å²) in [6, 6.07) is 4.47. The zero-order valence-electron chi connectivity index (χ0n) is 10.1. The monoisotopic (exact) mass is 291 g/mol. The summed E-state index contributed by atoms with van der Waals surface area (Å²) in [5.74, 6) is 0.159. The summed E-state index contributed by atoms with van der Waals surface area (Å²) in [4.78, 5) is 11.7. The van der Waals surface area contributed by atoms with Gasteiger partial charge < -0.3 is 15.2 Å².